The van der Waals surface area contributed by atoms with E-state index in [1.54, 1.807) is 0 Å². The fraction of sp³-hybridized carbons (Fsp3) is 0.100. The Bertz CT molecular complexity index is 564. The third-order valence-electron chi connectivity index (χ3n) is 2.37. The minimum absolute atomic E-state index is 0.202. The smallest absolute Gasteiger partial charge is 0.295 e. The van der Waals surface area contributed by atoms with Gasteiger partial charge in [-0.2, -0.15) is 15.8 Å². The van der Waals surface area contributed by atoms with Crippen molar-refractivity contribution in [3.05, 3.63) is 34.4 Å². The minimum Gasteiger partial charge on any atom is -0.295 e. The predicted molar refractivity (Wildman–Crippen MR) is 58.0 cm³/mol. The summed E-state index contributed by atoms with van der Waals surface area (Å²) < 4.78 is 0. The lowest BCUT2D eigenvalue weighted by molar-refractivity contribution is -0.253. The van der Waals surface area contributed by atoms with Crippen LogP contribution in [0.3, 0.4) is 0 Å². The molecule has 0 aliphatic rings. The number of benzene rings is 1. The molecular formula is C10H8O11. The Hall–Kier alpha value is -2.57. The normalized spacial score (nSPS) is 9.90. The Morgan fingerprint density at radius 3 is 1.62 bits per heavy atom. The van der Waals surface area contributed by atoms with Crippen LogP contribution >= 0.6 is 0 Å². The molecule has 1 aromatic rings. The van der Waals surface area contributed by atoms with Crippen LogP contribution in [-0.2, 0) is 26.2 Å². The Morgan fingerprint density at radius 1 is 0.762 bits per heavy atom. The number of hydrogen-bond donors (Lipinski definition) is 4. The average molecular weight is 304 g/mol. The molecular weight excluding hydrogens is 296 g/mol. The molecule has 11 nitrogen and oxygen atoms in total. The van der Waals surface area contributed by atoms with E-state index in [0.717, 1.165) is 6.07 Å². The lowest BCUT2D eigenvalue weighted by Gasteiger charge is -2.10. The summed E-state index contributed by atoms with van der Waals surface area (Å²) in [6.07, 6.45) is 0. The van der Waals surface area contributed by atoms with Crippen molar-refractivity contribution in [2.75, 3.05) is 0 Å². The minimum atomic E-state index is -1.46. The molecule has 1 aromatic carbocycles. The summed E-state index contributed by atoms with van der Waals surface area (Å²) in [4.78, 5) is 48.1. The van der Waals surface area contributed by atoms with Gasteiger partial charge in [0.2, 0.25) is 0 Å². The van der Waals surface area contributed by atoms with Gasteiger partial charge in [-0.05, 0) is 17.7 Å². The van der Waals surface area contributed by atoms with Crippen molar-refractivity contribution in [3.63, 3.8) is 0 Å². The molecule has 0 aliphatic heterocycles. The van der Waals surface area contributed by atoms with Crippen molar-refractivity contribution in [3.8, 4) is 0 Å². The molecule has 0 atom stereocenters. The first-order valence-electron chi connectivity index (χ1n) is 5.00. The molecule has 0 heterocycles. The van der Waals surface area contributed by atoms with Crippen LogP contribution in [0.25, 0.3) is 0 Å². The van der Waals surface area contributed by atoms with Gasteiger partial charge < -0.3 is 0 Å². The summed E-state index contributed by atoms with van der Waals surface area (Å²) >= 11 is 0. The first-order valence-corrected chi connectivity index (χ1v) is 5.00. The Morgan fingerprint density at radius 2 is 1.19 bits per heavy atom. The summed E-state index contributed by atoms with van der Waals surface area (Å²) in [6, 6.07) is 1.50. The van der Waals surface area contributed by atoms with Gasteiger partial charge in [0.1, 0.15) is 6.61 Å². The molecule has 0 radical (unpaired) electrons. The molecule has 0 spiro atoms. The zero-order chi connectivity index (χ0) is 16.0. The highest BCUT2D eigenvalue weighted by molar-refractivity contribution is 6.05. The fourth-order valence-electron chi connectivity index (χ4n) is 1.51. The fourth-order valence-corrected chi connectivity index (χ4v) is 1.51. The Labute approximate surface area is 115 Å². The number of hydrogen-bond acceptors (Lipinski definition) is 11. The van der Waals surface area contributed by atoms with E-state index in [1.807, 2.05) is 0 Å². The summed E-state index contributed by atoms with van der Waals surface area (Å²) in [5.41, 5.74) is -1.98. The molecule has 0 aliphatic carbocycles. The van der Waals surface area contributed by atoms with Crippen LogP contribution in [0.5, 0.6) is 0 Å². The highest BCUT2D eigenvalue weighted by Gasteiger charge is 2.26. The maximum absolute atomic E-state index is 11.3. The largest absolute Gasteiger partial charge is 0.373 e. The predicted octanol–water partition coefficient (Wildman–Crippen LogP) is 0.566. The second-order valence-electron chi connectivity index (χ2n) is 3.46. The van der Waals surface area contributed by atoms with Gasteiger partial charge in [0.15, 0.2) is 0 Å². The first kappa shape index (κ1) is 16.5. The summed E-state index contributed by atoms with van der Waals surface area (Å²) in [7, 11) is 0. The molecule has 0 saturated carbocycles. The number of carbonyl (C=O) groups excluding carboxylic acids is 3. The van der Waals surface area contributed by atoms with Crippen LogP contribution in [0.15, 0.2) is 12.1 Å². The van der Waals surface area contributed by atoms with Crippen LogP contribution in [0, 0.1) is 0 Å². The molecule has 21 heavy (non-hydrogen) atoms. The third-order valence-corrected chi connectivity index (χ3v) is 2.37. The van der Waals surface area contributed by atoms with E-state index in [0.29, 0.717) is 6.07 Å². The topological polar surface area (TPSA) is 169 Å². The second kappa shape index (κ2) is 7.28. The average Bonchev–Trinajstić information content (AvgIpc) is 2.52. The zero-order valence-corrected chi connectivity index (χ0v) is 10.0. The van der Waals surface area contributed by atoms with Crippen molar-refractivity contribution in [2.24, 2.45) is 0 Å². The van der Waals surface area contributed by atoms with E-state index < -0.39 is 41.2 Å². The summed E-state index contributed by atoms with van der Waals surface area (Å²) in [6.45, 7) is -0.634. The van der Waals surface area contributed by atoms with E-state index in [2.05, 4.69) is 19.6 Å². The molecule has 0 unspecified atom stereocenters. The molecule has 0 saturated heterocycles. The molecule has 0 fully saturated rings. The summed E-state index contributed by atoms with van der Waals surface area (Å²) in [5, 5.41) is 33.4. The standard InChI is InChI=1S/C10H8O11/c11-8(19-15)5-2-7(10(13)21-17)6(9(12)20-16)1-4(5)3-18-14/h1-2,14-17H,3H2. The number of rotatable bonds is 5. The monoisotopic (exact) mass is 304 g/mol. The van der Waals surface area contributed by atoms with E-state index in [1.165, 1.54) is 0 Å². The molecule has 4 N–H and O–H groups in total. The quantitative estimate of drug-likeness (QED) is 0.340. The van der Waals surface area contributed by atoms with Crippen LogP contribution in [-0.4, -0.2) is 38.9 Å². The van der Waals surface area contributed by atoms with Crippen LogP contribution in [0.1, 0.15) is 36.6 Å². The van der Waals surface area contributed by atoms with Crippen LogP contribution in [0.2, 0.25) is 0 Å². The van der Waals surface area contributed by atoms with Crippen LogP contribution < -0.4 is 0 Å². The SMILES string of the molecule is O=C(OO)c1cc(C(=O)OO)c(C(=O)OO)cc1COO. The Balaban J connectivity index is 3.56. The molecule has 11 heteroatoms. The van der Waals surface area contributed by atoms with E-state index in [9.17, 15) is 14.4 Å². The summed E-state index contributed by atoms with van der Waals surface area (Å²) in [5.74, 6) is -4.23. The van der Waals surface area contributed by atoms with Crippen LogP contribution in [0.4, 0.5) is 0 Å². The highest BCUT2D eigenvalue weighted by Crippen LogP contribution is 2.21. The van der Waals surface area contributed by atoms with Gasteiger partial charge in [0, 0.05) is 0 Å². The molecule has 1 rings (SSSR count). The number of carbonyl (C=O) groups is 3. The Kier molecular flexibility index (Phi) is 5.71. The van der Waals surface area contributed by atoms with Gasteiger partial charge in [0.25, 0.3) is 0 Å². The van der Waals surface area contributed by atoms with E-state index in [-0.39, 0.29) is 5.56 Å². The maximum Gasteiger partial charge on any atom is 0.373 e. The zero-order valence-electron chi connectivity index (χ0n) is 10.0. The molecule has 114 valence electrons. The van der Waals surface area contributed by atoms with Crippen molar-refractivity contribution >= 4 is 17.9 Å². The van der Waals surface area contributed by atoms with Crippen molar-refractivity contribution < 1.29 is 55.0 Å². The van der Waals surface area contributed by atoms with Gasteiger partial charge in [-0.3, -0.25) is 19.9 Å². The van der Waals surface area contributed by atoms with Gasteiger partial charge >= 0.3 is 17.9 Å². The second-order valence-corrected chi connectivity index (χ2v) is 3.46. The van der Waals surface area contributed by atoms with E-state index >= 15 is 0 Å². The van der Waals surface area contributed by atoms with E-state index in [4.69, 9.17) is 21.0 Å². The molecule has 0 bridgehead atoms. The van der Waals surface area contributed by atoms with Crippen molar-refractivity contribution in [1.82, 2.24) is 0 Å². The molecule has 0 amide bonds. The van der Waals surface area contributed by atoms with Gasteiger partial charge in [-0.1, -0.05) is 0 Å². The van der Waals surface area contributed by atoms with Gasteiger partial charge in [0.05, 0.1) is 16.7 Å². The first-order chi connectivity index (χ1) is 9.99. The van der Waals surface area contributed by atoms with Gasteiger partial charge in [-0.25, -0.2) is 19.3 Å². The van der Waals surface area contributed by atoms with Gasteiger partial charge in [-0.15, -0.1) is 0 Å². The lowest BCUT2D eigenvalue weighted by atomic mass is 9.98. The highest BCUT2D eigenvalue weighted by atomic mass is 17.1. The molecule has 0 aromatic heterocycles. The van der Waals surface area contributed by atoms with Crippen molar-refractivity contribution in [2.45, 2.75) is 6.61 Å². The third kappa shape index (κ3) is 3.50. The maximum atomic E-state index is 11.3. The lowest BCUT2D eigenvalue weighted by Crippen LogP contribution is -2.16. The van der Waals surface area contributed by atoms with Crippen molar-refractivity contribution in [1.29, 1.82) is 0 Å².